The van der Waals surface area contributed by atoms with Gasteiger partial charge in [0.25, 0.3) is 5.56 Å². The van der Waals surface area contributed by atoms with E-state index in [1.165, 1.54) is 17.2 Å². The summed E-state index contributed by atoms with van der Waals surface area (Å²) in [4.78, 5) is 52.8. The Balaban J connectivity index is 1.11. The van der Waals surface area contributed by atoms with Gasteiger partial charge >= 0.3 is 13.5 Å². The van der Waals surface area contributed by atoms with Crippen molar-refractivity contribution in [2.45, 2.75) is 49.8 Å². The Kier molecular flexibility index (Phi) is 8.61. The third-order valence-electron chi connectivity index (χ3n) is 7.08. The van der Waals surface area contributed by atoms with Crippen LogP contribution in [0.5, 0.6) is 0 Å². The maximum atomic E-state index is 15.0. The van der Waals surface area contributed by atoms with Gasteiger partial charge in [-0.15, -0.1) is 0 Å². The summed E-state index contributed by atoms with van der Waals surface area (Å²) in [7, 11) is 0. The van der Waals surface area contributed by atoms with Crippen LogP contribution in [0.15, 0.2) is 17.4 Å². The molecular formula is C20H27FN10O9P2S2. The molecule has 6 rings (SSSR count). The molecule has 3 aromatic rings. The molecule has 0 amide bonds. The van der Waals surface area contributed by atoms with Gasteiger partial charge in [-0.25, -0.2) is 23.9 Å². The van der Waals surface area contributed by atoms with Crippen LogP contribution in [0.4, 0.5) is 27.7 Å². The second kappa shape index (κ2) is 12.0. The van der Waals surface area contributed by atoms with Gasteiger partial charge in [-0.2, -0.15) is 4.98 Å². The Morgan fingerprint density at radius 1 is 1.16 bits per heavy atom. The second-order valence-electron chi connectivity index (χ2n) is 9.98. The number of alkyl halides is 1. The second-order valence-corrected chi connectivity index (χ2v) is 15.5. The number of aromatic amines is 1. The predicted octanol–water partition coefficient (Wildman–Crippen LogP) is 0.370. The first kappa shape index (κ1) is 31.5. The Morgan fingerprint density at radius 3 is 2.68 bits per heavy atom. The van der Waals surface area contributed by atoms with E-state index in [0.717, 1.165) is 0 Å². The summed E-state index contributed by atoms with van der Waals surface area (Å²) in [6.45, 7) is -8.92. The number of hydrogen-bond donors (Lipinski definition) is 7. The van der Waals surface area contributed by atoms with Crippen LogP contribution in [0, 0.1) is 0 Å². The van der Waals surface area contributed by atoms with Gasteiger partial charge < -0.3 is 50.0 Å². The van der Waals surface area contributed by atoms with Crippen molar-refractivity contribution in [2.75, 3.05) is 41.6 Å². The highest BCUT2D eigenvalue weighted by Gasteiger charge is 2.45. The number of hydrogen-bond acceptors (Lipinski definition) is 16. The first-order valence-corrected chi connectivity index (χ1v) is 18.2. The number of ether oxygens (including phenoxy) is 2. The minimum atomic E-state index is -4.19. The predicted molar refractivity (Wildman–Crippen MR) is 159 cm³/mol. The highest BCUT2D eigenvalue weighted by Crippen LogP contribution is 2.51. The molecule has 3 aromatic heterocycles. The molecule has 0 aliphatic carbocycles. The maximum absolute atomic E-state index is 15.0. The van der Waals surface area contributed by atoms with Gasteiger partial charge in [0.2, 0.25) is 5.95 Å². The molecule has 0 saturated carbocycles. The van der Waals surface area contributed by atoms with Crippen molar-refractivity contribution >= 4 is 72.0 Å². The molecular weight excluding hydrogens is 669 g/mol. The lowest BCUT2D eigenvalue weighted by Crippen LogP contribution is -2.36. The largest absolute Gasteiger partial charge is 0.383 e. The smallest absolute Gasteiger partial charge is 0.382 e. The van der Waals surface area contributed by atoms with E-state index in [-0.39, 0.29) is 42.4 Å². The molecule has 2 fully saturated rings. The monoisotopic (exact) mass is 696 g/mol. The average Bonchev–Trinajstić information content (AvgIpc) is 3.71. The van der Waals surface area contributed by atoms with Crippen molar-refractivity contribution in [3.63, 3.8) is 0 Å². The number of nitrogens with one attached hydrogen (secondary N) is 2. The molecule has 0 aromatic carbocycles. The van der Waals surface area contributed by atoms with Crippen molar-refractivity contribution in [1.29, 1.82) is 0 Å². The number of imidazole rings is 1. The molecule has 2 saturated heterocycles. The molecule has 3 aliphatic rings. The molecule has 0 bridgehead atoms. The van der Waals surface area contributed by atoms with Gasteiger partial charge in [0.1, 0.15) is 42.9 Å². The van der Waals surface area contributed by atoms with Crippen molar-refractivity contribution in [2.24, 2.45) is 0 Å². The van der Waals surface area contributed by atoms with Crippen LogP contribution in [0.3, 0.4) is 0 Å². The molecule has 8 atom stereocenters. The number of nitrogen functional groups attached to an aromatic ring is 2. The van der Waals surface area contributed by atoms with Crippen LogP contribution in [-0.2, 0) is 39.4 Å². The van der Waals surface area contributed by atoms with E-state index >= 15 is 0 Å². The molecule has 0 spiro atoms. The van der Waals surface area contributed by atoms with Crippen molar-refractivity contribution in [1.82, 2.24) is 29.5 Å². The number of nitrogens with two attached hydrogens (primary N) is 2. The minimum Gasteiger partial charge on any atom is -0.382 e. The summed E-state index contributed by atoms with van der Waals surface area (Å²) in [5.41, 5.74) is 11.6. The van der Waals surface area contributed by atoms with Gasteiger partial charge in [0.05, 0.1) is 32.3 Å². The Labute approximate surface area is 257 Å². The zero-order valence-electron chi connectivity index (χ0n) is 22.4. The van der Waals surface area contributed by atoms with Crippen molar-refractivity contribution in [3.05, 3.63) is 23.0 Å². The van der Waals surface area contributed by atoms with Crippen LogP contribution < -0.4 is 27.2 Å². The third-order valence-corrected chi connectivity index (χ3v) is 9.50. The highest BCUT2D eigenvalue weighted by molar-refractivity contribution is 8.44. The molecule has 19 nitrogen and oxygen atoms in total. The number of fused-ring (bicyclic) bond motifs is 2. The Hall–Kier alpha value is -2.49. The zero-order chi connectivity index (χ0) is 31.4. The third kappa shape index (κ3) is 6.56. The fourth-order valence-electron chi connectivity index (χ4n) is 5.11. The molecule has 240 valence electrons. The summed E-state index contributed by atoms with van der Waals surface area (Å²) >= 11 is 8.73. The molecule has 6 heterocycles. The number of thiol groups is 1. The topological polar surface area (TPSA) is 260 Å². The Bertz CT molecular complexity index is 1710. The normalized spacial score (nSPS) is 29.4. The van der Waals surface area contributed by atoms with E-state index in [2.05, 4.69) is 42.5 Å². The number of H-pyrrole nitrogens is 1. The van der Waals surface area contributed by atoms with Gasteiger partial charge in [-0.3, -0.25) is 18.9 Å². The van der Waals surface area contributed by atoms with Gasteiger partial charge in [-0.1, -0.05) is 12.2 Å². The summed E-state index contributed by atoms with van der Waals surface area (Å²) in [5, 5.41) is 3.07. The van der Waals surface area contributed by atoms with E-state index < -0.39 is 69.2 Å². The van der Waals surface area contributed by atoms with Crippen molar-refractivity contribution in [3.8, 4) is 0 Å². The van der Waals surface area contributed by atoms with E-state index in [1.54, 1.807) is 4.90 Å². The maximum Gasteiger partial charge on any atom is 0.383 e. The zero-order valence-corrected chi connectivity index (χ0v) is 25.9. The first-order valence-electron chi connectivity index (χ1n) is 12.9. The van der Waals surface area contributed by atoms with Crippen LogP contribution in [0.1, 0.15) is 19.1 Å². The fourth-order valence-corrected chi connectivity index (χ4v) is 7.13. The van der Waals surface area contributed by atoms with Crippen LogP contribution in [0.25, 0.3) is 11.2 Å². The van der Waals surface area contributed by atoms with Crippen LogP contribution in [-0.4, -0.2) is 89.9 Å². The lowest BCUT2D eigenvalue weighted by atomic mass is 10.2. The lowest BCUT2D eigenvalue weighted by Gasteiger charge is -2.25. The van der Waals surface area contributed by atoms with Crippen molar-refractivity contribution < 1.29 is 41.8 Å². The number of anilines is 4. The number of halogens is 1. The summed E-state index contributed by atoms with van der Waals surface area (Å²) < 4.78 is 56.0. The van der Waals surface area contributed by atoms with E-state index in [0.29, 0.717) is 11.5 Å². The molecule has 6 unspecified atom stereocenters. The van der Waals surface area contributed by atoms with E-state index in [9.17, 15) is 23.5 Å². The number of rotatable bonds is 10. The molecule has 44 heavy (non-hydrogen) atoms. The average molecular weight is 697 g/mol. The lowest BCUT2D eigenvalue weighted by molar-refractivity contribution is -0.0365. The van der Waals surface area contributed by atoms with Crippen LogP contribution in [0.2, 0.25) is 0 Å². The molecule has 3 aliphatic heterocycles. The summed E-state index contributed by atoms with van der Waals surface area (Å²) in [6.07, 6.45) is -3.75. The van der Waals surface area contributed by atoms with E-state index in [4.69, 9.17) is 46.3 Å². The standard InChI is InChI=1S/C20H27FN10O9P2S2/c21-8-1-12(31-7-27-15-18(31)28-20(23)29-19(15)32)38-10(8)3-37-42(35,44)40-9-2-13(39-11(9)4-36-41(33,34)43)30-6-26-14-16(22)24-5-25-17(14)30/h5,7-13,26H,1-4,6H2,(H,35,44)(H2,22,24,25)(H2,33,34,43)(H3,23,28,29,32)/t8?,9-,10+,11?,12?,13?,42?/m0/s1. The summed E-state index contributed by atoms with van der Waals surface area (Å²) in [6, 6.07) is 0. The summed E-state index contributed by atoms with van der Waals surface area (Å²) in [5.74, 6) is 0.550. The van der Waals surface area contributed by atoms with Gasteiger partial charge in [-0.05, 0) is 11.8 Å². The van der Waals surface area contributed by atoms with E-state index in [1.807, 2.05) is 0 Å². The molecule has 8 N–H and O–H groups in total. The number of aromatic nitrogens is 6. The molecule has 0 radical (unpaired) electrons. The Morgan fingerprint density at radius 2 is 1.91 bits per heavy atom. The number of nitrogens with zero attached hydrogens (tertiary/aromatic N) is 6. The molecule has 24 heteroatoms. The highest BCUT2D eigenvalue weighted by atomic mass is 32.7. The fraction of sp³-hybridized carbons (Fsp3) is 0.550. The van der Waals surface area contributed by atoms with Gasteiger partial charge in [0, 0.05) is 12.8 Å². The quantitative estimate of drug-likeness (QED) is 0.112. The first-order chi connectivity index (χ1) is 20.8. The SMILES string of the molecule is Nc1nc2c(ncn2C2CC(F)[C@@H](COP(O)(=S)O[C@H]3CC(N4CNc5c(N)ncnc54)OC3COP(=O)(O)S)O2)c(=O)[nH]1. The van der Waals surface area contributed by atoms with Crippen LogP contribution >= 0.6 is 25.8 Å². The minimum absolute atomic E-state index is 0.00683. The van der Waals surface area contributed by atoms with Gasteiger partial charge in [0.15, 0.2) is 22.8 Å².